The highest BCUT2D eigenvalue weighted by Gasteiger charge is 2.35. The summed E-state index contributed by atoms with van der Waals surface area (Å²) in [6.45, 7) is 11.4. The van der Waals surface area contributed by atoms with Gasteiger partial charge in [0.1, 0.15) is 12.4 Å². The van der Waals surface area contributed by atoms with Crippen molar-refractivity contribution in [3.8, 4) is 5.75 Å². The molecule has 310 valence electrons. The molecule has 14 heteroatoms. The van der Waals surface area contributed by atoms with E-state index in [4.69, 9.17) is 9.47 Å². The van der Waals surface area contributed by atoms with E-state index >= 15 is 0 Å². The highest BCUT2D eigenvalue weighted by Crippen LogP contribution is 2.27. The number of fused-ring (bicyclic) bond motifs is 1. The highest BCUT2D eigenvalue weighted by molar-refractivity contribution is 5.91. The summed E-state index contributed by atoms with van der Waals surface area (Å²) in [6, 6.07) is 18.4. The molecule has 6 rings (SSSR count). The fourth-order valence-corrected chi connectivity index (χ4v) is 8.08. The largest absolute Gasteiger partial charge is 0.507 e. The Balaban J connectivity index is 1.04. The second-order valence-corrected chi connectivity index (χ2v) is 15.4. The van der Waals surface area contributed by atoms with Crippen LogP contribution in [-0.4, -0.2) is 132 Å². The number of anilines is 2. The number of para-hydroxylation sites is 1. The second kappa shape index (κ2) is 19.1. The Labute approximate surface area is 340 Å². The smallest absolute Gasteiger partial charge is 0.410 e. The quantitative estimate of drug-likeness (QED) is 0.231. The number of phenols is 1. The van der Waals surface area contributed by atoms with Crippen LogP contribution in [0.25, 0.3) is 0 Å². The van der Waals surface area contributed by atoms with E-state index in [9.17, 15) is 29.1 Å². The van der Waals surface area contributed by atoms with Gasteiger partial charge >= 0.3 is 18.1 Å². The molecule has 2 N–H and O–H groups in total. The van der Waals surface area contributed by atoms with Crippen molar-refractivity contribution in [1.29, 1.82) is 0 Å². The molecule has 2 saturated heterocycles. The molecule has 3 heterocycles. The molecule has 0 saturated carbocycles. The fraction of sp³-hybridized carbons (Fsp3) is 0.477. The molecular weight excluding hydrogens is 741 g/mol. The Bertz CT molecular complexity index is 1930. The molecule has 5 amide bonds. The van der Waals surface area contributed by atoms with E-state index in [-0.39, 0.29) is 42.7 Å². The van der Waals surface area contributed by atoms with E-state index in [1.54, 1.807) is 40.7 Å². The maximum absolute atomic E-state index is 14.2. The molecule has 58 heavy (non-hydrogen) atoms. The van der Waals surface area contributed by atoms with Crippen molar-refractivity contribution >= 4 is 41.3 Å². The molecule has 3 aliphatic rings. The van der Waals surface area contributed by atoms with Crippen LogP contribution >= 0.6 is 0 Å². The van der Waals surface area contributed by atoms with Crippen LogP contribution in [0.15, 0.2) is 60.7 Å². The second-order valence-electron chi connectivity index (χ2n) is 15.4. The summed E-state index contributed by atoms with van der Waals surface area (Å²) in [6.07, 6.45) is 1.27. The van der Waals surface area contributed by atoms with Crippen LogP contribution in [0, 0.1) is 13.8 Å². The first-order chi connectivity index (χ1) is 27.9. The first-order valence-corrected chi connectivity index (χ1v) is 20.4. The number of benzene rings is 3. The Morgan fingerprint density at radius 3 is 2.21 bits per heavy atom. The van der Waals surface area contributed by atoms with Crippen LogP contribution in [0.5, 0.6) is 5.75 Å². The number of carbonyl (C=O) groups excluding carboxylic acids is 5. The number of hydrogen-bond acceptors (Lipinski definition) is 9. The van der Waals surface area contributed by atoms with Gasteiger partial charge in [0.2, 0.25) is 5.91 Å². The van der Waals surface area contributed by atoms with Crippen molar-refractivity contribution in [2.24, 2.45) is 0 Å². The molecule has 2 fully saturated rings. The third-order valence-electron chi connectivity index (χ3n) is 11.4. The molecule has 3 aromatic carbocycles. The number of esters is 1. The zero-order valence-corrected chi connectivity index (χ0v) is 34.1. The molecular formula is C44H56N6O8. The number of rotatable bonds is 12. The van der Waals surface area contributed by atoms with Crippen LogP contribution in [-0.2, 0) is 31.9 Å². The average molecular weight is 797 g/mol. The molecule has 1 atom stereocenters. The molecule has 3 aromatic rings. The van der Waals surface area contributed by atoms with Crippen LogP contribution in [0.3, 0.4) is 0 Å². The van der Waals surface area contributed by atoms with Gasteiger partial charge in [0.25, 0.3) is 5.91 Å². The predicted molar refractivity (Wildman–Crippen MR) is 220 cm³/mol. The molecule has 0 radical (unpaired) electrons. The zero-order chi connectivity index (χ0) is 41.3. The van der Waals surface area contributed by atoms with Crippen molar-refractivity contribution in [2.45, 2.75) is 71.9 Å². The SMILES string of the molecule is CCCN(CCOC(=O)c1ccc(N2CCN(C(=O)[C@@H](Cc3cc(C)c(O)c(C)c3)OC(=O)N3CCC(N4CCc5ccccc5NC4=O)CC3)CC2)cc1)C(C)=O. The van der Waals surface area contributed by atoms with Gasteiger partial charge < -0.3 is 44.4 Å². The fourth-order valence-electron chi connectivity index (χ4n) is 8.08. The van der Waals surface area contributed by atoms with Gasteiger partial charge in [0.15, 0.2) is 6.10 Å². The summed E-state index contributed by atoms with van der Waals surface area (Å²) in [4.78, 5) is 74.5. The van der Waals surface area contributed by atoms with Crippen molar-refractivity contribution in [3.05, 3.63) is 88.5 Å². The van der Waals surface area contributed by atoms with Gasteiger partial charge in [-0.3, -0.25) is 9.59 Å². The maximum Gasteiger partial charge on any atom is 0.410 e. The van der Waals surface area contributed by atoms with Crippen molar-refractivity contribution in [3.63, 3.8) is 0 Å². The van der Waals surface area contributed by atoms with E-state index in [1.807, 2.05) is 60.4 Å². The standard InChI is InChI=1S/C44H56N6O8/c1-5-17-46(32(4)51)25-26-57-42(54)35-10-12-36(13-11-35)47-21-23-48(24-22-47)41(53)39(29-33-27-30(2)40(52)31(3)28-33)58-44(56)49-18-15-37(16-19-49)50-20-14-34-8-6-7-9-38(34)45-43(50)55/h6-13,27-28,37,39,52H,5,14-26,29H2,1-4H3,(H,45,55)/t39-/m1/s1. The highest BCUT2D eigenvalue weighted by atomic mass is 16.6. The third-order valence-corrected chi connectivity index (χ3v) is 11.4. The topological polar surface area (TPSA) is 152 Å². The lowest BCUT2D eigenvalue weighted by molar-refractivity contribution is -0.141. The number of ether oxygens (including phenoxy) is 2. The van der Waals surface area contributed by atoms with Crippen LogP contribution in [0.1, 0.15) is 65.7 Å². The maximum atomic E-state index is 14.2. The summed E-state index contributed by atoms with van der Waals surface area (Å²) >= 11 is 0. The molecule has 0 unspecified atom stereocenters. The van der Waals surface area contributed by atoms with E-state index in [0.29, 0.717) is 88.4 Å². The summed E-state index contributed by atoms with van der Waals surface area (Å²) in [5, 5.41) is 13.4. The van der Waals surface area contributed by atoms with Gasteiger partial charge in [0, 0.05) is 83.1 Å². The number of aryl methyl sites for hydroxylation is 2. The average Bonchev–Trinajstić information content (AvgIpc) is 3.40. The molecule has 0 aromatic heterocycles. The Morgan fingerprint density at radius 2 is 1.55 bits per heavy atom. The molecule has 0 aliphatic carbocycles. The lowest BCUT2D eigenvalue weighted by Crippen LogP contribution is -2.54. The Kier molecular flexibility index (Phi) is 13.8. The van der Waals surface area contributed by atoms with Gasteiger partial charge in [-0.2, -0.15) is 0 Å². The number of urea groups is 1. The number of hydrogen-bond donors (Lipinski definition) is 2. The number of aromatic hydroxyl groups is 1. The van der Waals surface area contributed by atoms with E-state index in [0.717, 1.165) is 35.3 Å². The zero-order valence-electron chi connectivity index (χ0n) is 34.1. The van der Waals surface area contributed by atoms with Crippen molar-refractivity contribution < 1.29 is 38.6 Å². The Morgan fingerprint density at radius 1 is 0.879 bits per heavy atom. The van der Waals surface area contributed by atoms with Crippen LogP contribution < -0.4 is 10.2 Å². The molecule has 0 bridgehead atoms. The van der Waals surface area contributed by atoms with Gasteiger partial charge in [-0.15, -0.1) is 0 Å². The number of amides is 5. The lowest BCUT2D eigenvalue weighted by atomic mass is 10.0. The minimum absolute atomic E-state index is 0.0273. The number of nitrogens with zero attached hydrogens (tertiary/aromatic N) is 5. The first-order valence-electron chi connectivity index (χ1n) is 20.4. The van der Waals surface area contributed by atoms with Crippen LogP contribution in [0.2, 0.25) is 0 Å². The Hall–Kier alpha value is -5.79. The summed E-state index contributed by atoms with van der Waals surface area (Å²) in [5.74, 6) is -0.601. The summed E-state index contributed by atoms with van der Waals surface area (Å²) in [5.41, 5.74) is 5.37. The molecule has 14 nitrogen and oxygen atoms in total. The lowest BCUT2D eigenvalue weighted by Gasteiger charge is -2.39. The third kappa shape index (κ3) is 10.2. The van der Waals surface area contributed by atoms with Crippen molar-refractivity contribution in [2.75, 3.05) is 75.7 Å². The van der Waals surface area contributed by atoms with Gasteiger partial charge in [0.05, 0.1) is 12.1 Å². The number of phenolic OH excluding ortho intramolecular Hbond substituents is 1. The minimum Gasteiger partial charge on any atom is -0.507 e. The van der Waals surface area contributed by atoms with Crippen LogP contribution in [0.4, 0.5) is 21.0 Å². The summed E-state index contributed by atoms with van der Waals surface area (Å²) in [7, 11) is 0. The first kappa shape index (κ1) is 41.8. The predicted octanol–water partition coefficient (Wildman–Crippen LogP) is 5.38. The van der Waals surface area contributed by atoms with Crippen molar-refractivity contribution in [1.82, 2.24) is 19.6 Å². The minimum atomic E-state index is -1.08. The number of likely N-dealkylation sites (tertiary alicyclic amines) is 1. The monoisotopic (exact) mass is 796 g/mol. The van der Waals surface area contributed by atoms with Gasteiger partial charge in [-0.25, -0.2) is 14.4 Å². The summed E-state index contributed by atoms with van der Waals surface area (Å²) < 4.78 is 11.5. The van der Waals surface area contributed by atoms with E-state index in [2.05, 4.69) is 10.2 Å². The van der Waals surface area contributed by atoms with E-state index in [1.165, 1.54) is 6.92 Å². The number of piperazine rings is 1. The number of piperidine rings is 1. The van der Waals surface area contributed by atoms with Gasteiger partial charge in [-0.1, -0.05) is 37.3 Å². The number of carbonyl (C=O) groups is 5. The number of nitrogens with one attached hydrogen (secondary N) is 1. The normalized spacial score (nSPS) is 16.5. The van der Waals surface area contributed by atoms with Gasteiger partial charge in [-0.05, 0) is 92.1 Å². The molecule has 3 aliphatic heterocycles. The molecule has 0 spiro atoms. The van der Waals surface area contributed by atoms with E-state index < -0.39 is 18.2 Å².